The zero-order chi connectivity index (χ0) is 13.3. The molecule has 0 saturated carbocycles. The van der Waals surface area contributed by atoms with Crippen LogP contribution in [0.3, 0.4) is 0 Å². The molecule has 0 aliphatic rings. The van der Waals surface area contributed by atoms with Crippen molar-refractivity contribution in [2.75, 3.05) is 4.23 Å². The summed E-state index contributed by atoms with van der Waals surface area (Å²) >= 11 is 0. The molecule has 4 heteroatoms. The number of anilines is 1. The van der Waals surface area contributed by atoms with E-state index in [2.05, 4.69) is 61.7 Å². The minimum Gasteiger partial charge on any atom is -0.425 e. The first-order valence-corrected chi connectivity index (χ1v) is 12.9. The lowest BCUT2D eigenvalue weighted by Gasteiger charge is -2.46. The van der Waals surface area contributed by atoms with Crippen molar-refractivity contribution in [3.8, 4) is 6.07 Å². The molecule has 0 spiro atoms. The van der Waals surface area contributed by atoms with E-state index in [1.54, 1.807) is 0 Å². The average molecular weight is 263 g/mol. The summed E-state index contributed by atoms with van der Waals surface area (Å²) in [5.41, 5.74) is 2.02. The van der Waals surface area contributed by atoms with Gasteiger partial charge in [-0.3, -0.25) is 0 Å². The Morgan fingerprint density at radius 2 is 1.29 bits per heavy atom. The third-order valence-corrected chi connectivity index (χ3v) is 9.82. The van der Waals surface area contributed by atoms with E-state index in [-0.39, 0.29) is 0 Å². The lowest BCUT2D eigenvalue weighted by Crippen LogP contribution is -2.59. The van der Waals surface area contributed by atoms with Gasteiger partial charge in [0, 0.05) is 5.69 Å². The molecule has 17 heavy (non-hydrogen) atoms. The van der Waals surface area contributed by atoms with E-state index in [1.165, 1.54) is 5.69 Å². The van der Waals surface area contributed by atoms with E-state index in [4.69, 9.17) is 5.26 Å². The lowest BCUT2D eigenvalue weighted by molar-refractivity contribution is 1.35. The monoisotopic (exact) mass is 262 g/mol. The second-order valence-electron chi connectivity index (χ2n) is 6.34. The Bertz CT molecular complexity index is 405. The highest BCUT2D eigenvalue weighted by Gasteiger charge is 2.34. The van der Waals surface area contributed by atoms with Crippen LogP contribution in [0.5, 0.6) is 0 Å². The fraction of sp³-hybridized carbons (Fsp3) is 0.462. The minimum absolute atomic E-state index is 0.736. The largest absolute Gasteiger partial charge is 0.425 e. The summed E-state index contributed by atoms with van der Waals surface area (Å²) in [7, 11) is -2.76. The van der Waals surface area contributed by atoms with Gasteiger partial charge in [0.25, 0.3) is 0 Å². The summed E-state index contributed by atoms with van der Waals surface area (Å²) in [5, 5.41) is 8.84. The highest BCUT2D eigenvalue weighted by atomic mass is 28.4. The van der Waals surface area contributed by atoms with Crippen LogP contribution < -0.4 is 4.23 Å². The molecule has 0 aliphatic carbocycles. The Morgan fingerprint density at radius 3 is 1.59 bits per heavy atom. The van der Waals surface area contributed by atoms with Gasteiger partial charge in [0.2, 0.25) is 0 Å². The quantitative estimate of drug-likeness (QED) is 0.769. The summed E-state index contributed by atoms with van der Waals surface area (Å²) in [6, 6.07) is 10.2. The van der Waals surface area contributed by atoms with E-state index in [1.807, 2.05) is 12.1 Å². The molecule has 0 aromatic heterocycles. The summed E-state index contributed by atoms with van der Waals surface area (Å²) < 4.78 is 2.65. The molecule has 0 heterocycles. The number of hydrogen-bond acceptors (Lipinski definition) is 2. The third-order valence-electron chi connectivity index (χ3n) is 2.60. The fourth-order valence-electron chi connectivity index (χ4n) is 2.47. The molecule has 0 amide bonds. The van der Waals surface area contributed by atoms with Crippen LogP contribution in [0.4, 0.5) is 5.69 Å². The zero-order valence-electron chi connectivity index (χ0n) is 11.7. The second kappa shape index (κ2) is 4.67. The molecule has 1 rings (SSSR count). The standard InChI is InChI=1S/C13H22N2Si2/c1-16(2,3)15(17(4,5)6)13-9-7-12(11-14)8-10-13/h7-10H,1-6H3. The van der Waals surface area contributed by atoms with Crippen LogP contribution in [0.2, 0.25) is 39.3 Å². The highest BCUT2D eigenvalue weighted by molar-refractivity contribution is 6.99. The first kappa shape index (κ1) is 14.0. The summed E-state index contributed by atoms with van der Waals surface area (Å²) in [6.07, 6.45) is 0. The predicted molar refractivity (Wildman–Crippen MR) is 80.3 cm³/mol. The number of nitriles is 1. The van der Waals surface area contributed by atoms with Gasteiger partial charge in [0.05, 0.1) is 11.6 Å². The predicted octanol–water partition coefficient (Wildman–Crippen LogP) is 4.03. The number of nitrogens with zero attached hydrogens (tertiary/aromatic N) is 2. The van der Waals surface area contributed by atoms with Gasteiger partial charge in [-0.2, -0.15) is 5.26 Å². The first-order chi connectivity index (χ1) is 7.66. The van der Waals surface area contributed by atoms with Crippen LogP contribution in [0.25, 0.3) is 0 Å². The minimum atomic E-state index is -1.38. The van der Waals surface area contributed by atoms with Gasteiger partial charge in [-0.05, 0) is 24.3 Å². The average Bonchev–Trinajstić information content (AvgIpc) is 2.14. The van der Waals surface area contributed by atoms with Crippen molar-refractivity contribution >= 4 is 22.2 Å². The van der Waals surface area contributed by atoms with Gasteiger partial charge in [-0.25, -0.2) is 0 Å². The van der Waals surface area contributed by atoms with Crippen LogP contribution in [0, 0.1) is 11.3 Å². The van der Waals surface area contributed by atoms with Crippen LogP contribution in [0.15, 0.2) is 24.3 Å². The maximum Gasteiger partial charge on any atom is 0.138 e. The van der Waals surface area contributed by atoms with Crippen molar-refractivity contribution in [2.24, 2.45) is 0 Å². The number of rotatable bonds is 3. The highest BCUT2D eigenvalue weighted by Crippen LogP contribution is 2.28. The van der Waals surface area contributed by atoms with Crippen molar-refractivity contribution < 1.29 is 0 Å². The summed E-state index contributed by atoms with van der Waals surface area (Å²) in [6.45, 7) is 14.3. The molecular weight excluding hydrogens is 240 g/mol. The van der Waals surface area contributed by atoms with Gasteiger partial charge in [-0.15, -0.1) is 0 Å². The third kappa shape index (κ3) is 3.45. The van der Waals surface area contributed by atoms with Gasteiger partial charge < -0.3 is 4.23 Å². The Kier molecular flexibility index (Phi) is 3.85. The lowest BCUT2D eigenvalue weighted by atomic mass is 10.2. The molecule has 2 nitrogen and oxygen atoms in total. The van der Waals surface area contributed by atoms with Crippen molar-refractivity contribution in [1.82, 2.24) is 0 Å². The van der Waals surface area contributed by atoms with E-state index in [0.29, 0.717) is 0 Å². The normalized spacial score (nSPS) is 12.1. The molecule has 0 N–H and O–H groups in total. The van der Waals surface area contributed by atoms with Gasteiger partial charge in [0.15, 0.2) is 0 Å². The van der Waals surface area contributed by atoms with E-state index in [9.17, 15) is 0 Å². The molecule has 0 radical (unpaired) electrons. The van der Waals surface area contributed by atoms with Gasteiger partial charge >= 0.3 is 0 Å². The number of benzene rings is 1. The van der Waals surface area contributed by atoms with Crippen molar-refractivity contribution in [1.29, 1.82) is 5.26 Å². The molecule has 0 aliphatic heterocycles. The Labute approximate surface area is 107 Å². The van der Waals surface area contributed by atoms with Gasteiger partial charge in [0.1, 0.15) is 16.5 Å². The molecule has 0 saturated heterocycles. The van der Waals surface area contributed by atoms with E-state index in [0.717, 1.165) is 5.56 Å². The Morgan fingerprint density at radius 1 is 0.882 bits per heavy atom. The van der Waals surface area contributed by atoms with Gasteiger partial charge in [-0.1, -0.05) is 39.3 Å². The van der Waals surface area contributed by atoms with Crippen molar-refractivity contribution in [3.05, 3.63) is 29.8 Å². The summed E-state index contributed by atoms with van der Waals surface area (Å²) in [4.78, 5) is 0. The van der Waals surface area contributed by atoms with Crippen molar-refractivity contribution in [3.63, 3.8) is 0 Å². The molecular formula is C13H22N2Si2. The van der Waals surface area contributed by atoms with E-state index >= 15 is 0 Å². The molecule has 92 valence electrons. The zero-order valence-corrected chi connectivity index (χ0v) is 13.7. The molecule has 1 aromatic carbocycles. The maximum atomic E-state index is 8.84. The molecule has 0 unspecified atom stereocenters. The molecule has 0 atom stereocenters. The van der Waals surface area contributed by atoms with E-state index < -0.39 is 16.5 Å². The van der Waals surface area contributed by atoms with Crippen LogP contribution >= 0.6 is 0 Å². The van der Waals surface area contributed by atoms with Crippen LogP contribution in [0.1, 0.15) is 5.56 Å². The Balaban J connectivity index is 3.20. The van der Waals surface area contributed by atoms with Crippen LogP contribution in [-0.4, -0.2) is 16.5 Å². The molecule has 1 aromatic rings. The fourth-order valence-corrected chi connectivity index (χ4v) is 12.4. The topological polar surface area (TPSA) is 27.0 Å². The summed E-state index contributed by atoms with van der Waals surface area (Å²) in [5.74, 6) is 0. The SMILES string of the molecule is C[Si](C)(C)N(c1ccc(C#N)cc1)[Si](C)(C)C. The van der Waals surface area contributed by atoms with Crippen molar-refractivity contribution in [2.45, 2.75) is 39.3 Å². The maximum absolute atomic E-state index is 8.84. The second-order valence-corrected chi connectivity index (χ2v) is 16.4. The smallest absolute Gasteiger partial charge is 0.138 e. The first-order valence-electron chi connectivity index (χ1n) is 5.97. The Hall–Kier alpha value is -1.06. The van der Waals surface area contributed by atoms with Crippen LogP contribution in [-0.2, 0) is 0 Å². The number of hydrogen-bond donors (Lipinski definition) is 0. The molecule has 0 bridgehead atoms. The molecule has 0 fully saturated rings.